The highest BCUT2D eigenvalue weighted by Crippen LogP contribution is 2.23. The fourth-order valence-electron chi connectivity index (χ4n) is 4.44. The average molecular weight is 431 g/mol. The van der Waals surface area contributed by atoms with Crippen molar-refractivity contribution in [3.8, 4) is 0 Å². The molecule has 0 spiro atoms. The lowest BCUT2D eigenvalue weighted by Gasteiger charge is -2.43. The highest BCUT2D eigenvalue weighted by atomic mass is 16.5. The number of morpholine rings is 1. The molecule has 2 unspecified atom stereocenters. The third-order valence-corrected chi connectivity index (χ3v) is 6.48. The van der Waals surface area contributed by atoms with Crippen molar-refractivity contribution in [2.75, 3.05) is 52.5 Å². The van der Waals surface area contributed by atoms with Crippen LogP contribution in [-0.2, 0) is 9.53 Å². The molecule has 0 saturated carbocycles. The third-order valence-electron chi connectivity index (χ3n) is 6.48. The largest absolute Gasteiger partial charge is 0.378 e. The van der Waals surface area contributed by atoms with E-state index in [1.165, 1.54) is 12.8 Å². The van der Waals surface area contributed by atoms with Crippen molar-refractivity contribution in [3.05, 3.63) is 35.9 Å². The Labute approximate surface area is 186 Å². The number of nitrogens with zero attached hydrogens (tertiary/aromatic N) is 2. The molecule has 0 radical (unpaired) electrons. The second-order valence-electron chi connectivity index (χ2n) is 9.47. The molecule has 3 amide bonds. The summed E-state index contributed by atoms with van der Waals surface area (Å²) in [5.74, 6) is 0.332. The zero-order valence-corrected chi connectivity index (χ0v) is 19.2. The number of nitrogens with one attached hydrogen (secondary N) is 2. The number of hydrogen-bond donors (Lipinski definition) is 2. The first-order valence-corrected chi connectivity index (χ1v) is 11.5. The number of hydrogen-bond acceptors (Lipinski definition) is 4. The molecule has 0 aliphatic carbocycles. The quantitative estimate of drug-likeness (QED) is 0.697. The summed E-state index contributed by atoms with van der Waals surface area (Å²) >= 11 is 0. The number of ether oxygens (including phenoxy) is 1. The maximum Gasteiger partial charge on any atom is 0.314 e. The van der Waals surface area contributed by atoms with E-state index in [0.29, 0.717) is 38.8 Å². The molecule has 7 heteroatoms. The van der Waals surface area contributed by atoms with Gasteiger partial charge in [-0.2, -0.15) is 0 Å². The first-order valence-electron chi connectivity index (χ1n) is 11.5. The molecule has 2 aliphatic rings. The van der Waals surface area contributed by atoms with Crippen molar-refractivity contribution < 1.29 is 14.3 Å². The molecule has 2 saturated heterocycles. The van der Waals surface area contributed by atoms with Gasteiger partial charge < -0.3 is 20.3 Å². The van der Waals surface area contributed by atoms with E-state index >= 15 is 0 Å². The van der Waals surface area contributed by atoms with Gasteiger partial charge in [0.25, 0.3) is 0 Å². The van der Waals surface area contributed by atoms with Crippen LogP contribution in [-0.4, -0.2) is 79.8 Å². The molecule has 172 valence electrons. The van der Waals surface area contributed by atoms with Gasteiger partial charge in [-0.25, -0.2) is 4.79 Å². The van der Waals surface area contributed by atoms with Crippen LogP contribution in [0.4, 0.5) is 4.79 Å². The van der Waals surface area contributed by atoms with E-state index in [0.717, 1.165) is 18.7 Å². The van der Waals surface area contributed by atoms with Crippen LogP contribution >= 0.6 is 0 Å². The molecule has 1 aromatic rings. The molecular weight excluding hydrogens is 392 g/mol. The van der Waals surface area contributed by atoms with Gasteiger partial charge in [0.05, 0.1) is 19.1 Å². The van der Waals surface area contributed by atoms with E-state index in [1.807, 2.05) is 35.2 Å². The van der Waals surface area contributed by atoms with Crippen LogP contribution in [0.15, 0.2) is 30.3 Å². The van der Waals surface area contributed by atoms with E-state index in [1.54, 1.807) is 0 Å². The number of likely N-dealkylation sites (tertiary alicyclic amines) is 1. The minimum absolute atomic E-state index is 0.0393. The Kier molecular flexibility index (Phi) is 8.32. The Hall–Kier alpha value is -2.12. The van der Waals surface area contributed by atoms with Crippen LogP contribution in [0, 0.1) is 5.92 Å². The lowest BCUT2D eigenvalue weighted by molar-refractivity contribution is -0.136. The maximum atomic E-state index is 13.2. The van der Waals surface area contributed by atoms with E-state index in [-0.39, 0.29) is 24.0 Å². The van der Waals surface area contributed by atoms with E-state index in [4.69, 9.17) is 4.74 Å². The summed E-state index contributed by atoms with van der Waals surface area (Å²) in [7, 11) is 0. The Morgan fingerprint density at radius 3 is 2.52 bits per heavy atom. The predicted octanol–water partition coefficient (Wildman–Crippen LogP) is 2.44. The number of rotatable bonds is 7. The Balaban J connectivity index is 1.55. The van der Waals surface area contributed by atoms with Crippen molar-refractivity contribution in [2.24, 2.45) is 5.92 Å². The van der Waals surface area contributed by atoms with Crippen molar-refractivity contribution in [2.45, 2.75) is 45.1 Å². The first kappa shape index (κ1) is 23.5. The second kappa shape index (κ2) is 11.0. The Morgan fingerprint density at radius 2 is 1.84 bits per heavy atom. The van der Waals surface area contributed by atoms with Crippen LogP contribution in [0.5, 0.6) is 0 Å². The number of piperidine rings is 1. The lowest BCUT2D eigenvalue weighted by Crippen LogP contribution is -2.56. The van der Waals surface area contributed by atoms with Gasteiger partial charge in [0, 0.05) is 38.3 Å². The standard InChI is InChI=1S/C24H38N4O3/c1-19-8-7-11-28(17-19)24(2,3)18-26-23(30)25-16-21(20-9-5-4-6-10-20)22(29)27-12-14-31-15-13-27/h4-6,9-10,19,21H,7-8,11-18H2,1-3H3,(H2,25,26,30). The molecule has 2 fully saturated rings. The smallest absolute Gasteiger partial charge is 0.314 e. The molecule has 2 heterocycles. The van der Waals surface area contributed by atoms with E-state index in [9.17, 15) is 9.59 Å². The minimum Gasteiger partial charge on any atom is -0.378 e. The molecule has 1 aromatic carbocycles. The van der Waals surface area contributed by atoms with Gasteiger partial charge >= 0.3 is 6.03 Å². The molecule has 2 atom stereocenters. The van der Waals surface area contributed by atoms with Crippen LogP contribution in [0.1, 0.15) is 45.1 Å². The van der Waals surface area contributed by atoms with Crippen LogP contribution in [0.3, 0.4) is 0 Å². The van der Waals surface area contributed by atoms with Crippen molar-refractivity contribution in [1.82, 2.24) is 20.4 Å². The zero-order chi connectivity index (χ0) is 22.3. The molecule has 7 nitrogen and oxygen atoms in total. The van der Waals surface area contributed by atoms with Gasteiger partial charge in [0.1, 0.15) is 0 Å². The monoisotopic (exact) mass is 430 g/mol. The SMILES string of the molecule is CC1CCCN(C(C)(C)CNC(=O)NCC(C(=O)N2CCOCC2)c2ccccc2)C1. The van der Waals surface area contributed by atoms with Gasteiger partial charge in [0.2, 0.25) is 5.91 Å². The number of amides is 3. The van der Waals surface area contributed by atoms with Gasteiger partial charge in [-0.3, -0.25) is 9.69 Å². The minimum atomic E-state index is -0.402. The molecule has 3 rings (SSSR count). The first-order chi connectivity index (χ1) is 14.9. The van der Waals surface area contributed by atoms with E-state index < -0.39 is 5.92 Å². The topological polar surface area (TPSA) is 73.9 Å². The summed E-state index contributed by atoms with van der Waals surface area (Å²) in [6.45, 7) is 11.9. The van der Waals surface area contributed by atoms with Crippen LogP contribution < -0.4 is 10.6 Å². The average Bonchev–Trinajstić information content (AvgIpc) is 2.79. The van der Waals surface area contributed by atoms with Crippen LogP contribution in [0.2, 0.25) is 0 Å². The molecule has 2 aliphatic heterocycles. The summed E-state index contributed by atoms with van der Waals surface area (Å²) in [4.78, 5) is 30.0. The molecular formula is C24H38N4O3. The fourth-order valence-corrected chi connectivity index (χ4v) is 4.44. The molecule has 31 heavy (non-hydrogen) atoms. The summed E-state index contributed by atoms with van der Waals surface area (Å²) in [5, 5.41) is 5.96. The lowest BCUT2D eigenvalue weighted by atomic mass is 9.93. The normalized spacial score (nSPS) is 21.4. The van der Waals surface area contributed by atoms with Crippen molar-refractivity contribution in [1.29, 1.82) is 0 Å². The molecule has 0 bridgehead atoms. The van der Waals surface area contributed by atoms with Gasteiger partial charge in [-0.15, -0.1) is 0 Å². The number of carbonyl (C=O) groups excluding carboxylic acids is 2. The summed E-state index contributed by atoms with van der Waals surface area (Å²) < 4.78 is 5.38. The van der Waals surface area contributed by atoms with Gasteiger partial charge in [0.15, 0.2) is 0 Å². The second-order valence-corrected chi connectivity index (χ2v) is 9.47. The number of urea groups is 1. The summed E-state index contributed by atoms with van der Waals surface area (Å²) in [6.07, 6.45) is 2.48. The number of carbonyl (C=O) groups is 2. The van der Waals surface area contributed by atoms with E-state index in [2.05, 4.69) is 36.3 Å². The number of benzene rings is 1. The van der Waals surface area contributed by atoms with Gasteiger partial charge in [-0.05, 0) is 44.7 Å². The summed E-state index contributed by atoms with van der Waals surface area (Å²) in [5.41, 5.74) is 0.816. The van der Waals surface area contributed by atoms with Crippen molar-refractivity contribution in [3.63, 3.8) is 0 Å². The Morgan fingerprint density at radius 1 is 1.13 bits per heavy atom. The fraction of sp³-hybridized carbons (Fsp3) is 0.667. The highest BCUT2D eigenvalue weighted by Gasteiger charge is 2.31. The predicted molar refractivity (Wildman–Crippen MR) is 122 cm³/mol. The summed E-state index contributed by atoms with van der Waals surface area (Å²) in [6, 6.07) is 9.46. The molecule has 2 N–H and O–H groups in total. The van der Waals surface area contributed by atoms with Crippen molar-refractivity contribution >= 4 is 11.9 Å². The van der Waals surface area contributed by atoms with Gasteiger partial charge in [-0.1, -0.05) is 37.3 Å². The maximum absolute atomic E-state index is 13.2. The Bertz CT molecular complexity index is 719. The zero-order valence-electron chi connectivity index (χ0n) is 19.2. The van der Waals surface area contributed by atoms with Crippen LogP contribution in [0.25, 0.3) is 0 Å². The highest BCUT2D eigenvalue weighted by molar-refractivity contribution is 5.85. The third kappa shape index (κ3) is 6.68. The molecule has 0 aromatic heterocycles.